The molecule has 0 bridgehead atoms. The van der Waals surface area contributed by atoms with Gasteiger partial charge in [0.15, 0.2) is 0 Å². The van der Waals surface area contributed by atoms with Crippen LogP contribution >= 0.6 is 0 Å². The zero-order valence-electron chi connectivity index (χ0n) is 20.1. The number of aliphatic carboxylic acids is 1. The molecule has 1 aromatic carbocycles. The molecule has 0 spiro atoms. The van der Waals surface area contributed by atoms with Gasteiger partial charge in [-0.2, -0.15) is 13.2 Å². The first-order valence-corrected chi connectivity index (χ1v) is 12.2. The molecule has 3 fully saturated rings. The Morgan fingerprint density at radius 1 is 1.00 bits per heavy atom. The number of halogens is 4. The number of alkyl halides is 3. The lowest BCUT2D eigenvalue weighted by Gasteiger charge is -2.37. The molecular formula is C24H26F4N4O6. The average molecular weight is 542 g/mol. The minimum Gasteiger partial charge on any atom is -0.475 e. The monoisotopic (exact) mass is 542 g/mol. The van der Waals surface area contributed by atoms with Crippen LogP contribution in [0.1, 0.15) is 59.2 Å². The van der Waals surface area contributed by atoms with Crippen LogP contribution in [0, 0.1) is 11.7 Å². The van der Waals surface area contributed by atoms with E-state index in [9.17, 15) is 36.7 Å². The van der Waals surface area contributed by atoms with Gasteiger partial charge in [0, 0.05) is 25.6 Å². The van der Waals surface area contributed by atoms with Crippen LogP contribution in [0.2, 0.25) is 0 Å². The molecular weight excluding hydrogens is 516 g/mol. The fourth-order valence-electron chi connectivity index (χ4n) is 5.46. The minimum absolute atomic E-state index is 0.0344. The second-order valence-electron chi connectivity index (χ2n) is 9.60. The number of piperidine rings is 2. The lowest BCUT2D eigenvalue weighted by Crippen LogP contribution is -2.54. The first-order valence-electron chi connectivity index (χ1n) is 12.2. The second kappa shape index (κ2) is 10.7. The zero-order valence-corrected chi connectivity index (χ0v) is 20.1. The summed E-state index contributed by atoms with van der Waals surface area (Å²) >= 11 is 0. The van der Waals surface area contributed by atoms with Gasteiger partial charge in [-0.25, -0.2) is 9.18 Å². The summed E-state index contributed by atoms with van der Waals surface area (Å²) in [5, 5.41) is 12.8. The normalized spacial score (nSPS) is 24.2. The number of carboxylic acid groups (broad SMARTS) is 1. The number of nitrogens with one attached hydrogen (secondary N) is 2. The van der Waals surface area contributed by atoms with Crippen molar-refractivity contribution in [2.75, 3.05) is 24.5 Å². The van der Waals surface area contributed by atoms with E-state index in [4.69, 9.17) is 9.90 Å². The molecule has 2 atom stereocenters. The first-order chi connectivity index (χ1) is 17.9. The van der Waals surface area contributed by atoms with E-state index in [1.165, 1.54) is 18.6 Å². The fourth-order valence-corrected chi connectivity index (χ4v) is 5.46. The lowest BCUT2D eigenvalue weighted by molar-refractivity contribution is -0.192. The van der Waals surface area contributed by atoms with Crippen molar-refractivity contribution in [3.63, 3.8) is 0 Å². The summed E-state index contributed by atoms with van der Waals surface area (Å²) in [6.45, 7) is 2.25. The van der Waals surface area contributed by atoms with Crippen molar-refractivity contribution in [1.82, 2.24) is 15.5 Å². The summed E-state index contributed by atoms with van der Waals surface area (Å²) in [6.07, 6.45) is -0.840. The first kappa shape index (κ1) is 27.5. The van der Waals surface area contributed by atoms with E-state index in [-0.39, 0.29) is 29.7 Å². The molecule has 10 nitrogen and oxygen atoms in total. The third-order valence-electron chi connectivity index (χ3n) is 7.30. The number of carbonyl (C=O) groups excluding carboxylic acids is 4. The molecule has 0 aromatic heterocycles. The number of anilines is 1. The third-order valence-corrected chi connectivity index (χ3v) is 7.30. The Morgan fingerprint density at radius 3 is 2.21 bits per heavy atom. The summed E-state index contributed by atoms with van der Waals surface area (Å²) in [7, 11) is 0. The van der Waals surface area contributed by atoms with Crippen LogP contribution in [-0.2, 0) is 14.4 Å². The summed E-state index contributed by atoms with van der Waals surface area (Å²) < 4.78 is 46.7. The number of rotatable bonds is 3. The molecule has 0 aliphatic carbocycles. The van der Waals surface area contributed by atoms with E-state index in [1.54, 1.807) is 0 Å². The van der Waals surface area contributed by atoms with Crippen molar-refractivity contribution in [1.29, 1.82) is 0 Å². The second-order valence-corrected chi connectivity index (χ2v) is 9.60. The van der Waals surface area contributed by atoms with Gasteiger partial charge in [0.1, 0.15) is 11.9 Å². The third kappa shape index (κ3) is 5.35. The Kier molecular flexibility index (Phi) is 7.72. The number of benzene rings is 1. The smallest absolute Gasteiger partial charge is 0.475 e. The maximum Gasteiger partial charge on any atom is 0.490 e. The van der Waals surface area contributed by atoms with E-state index in [0.717, 1.165) is 30.7 Å². The molecule has 14 heteroatoms. The van der Waals surface area contributed by atoms with Gasteiger partial charge in [0.05, 0.1) is 16.8 Å². The van der Waals surface area contributed by atoms with E-state index >= 15 is 0 Å². The average Bonchev–Trinajstić information content (AvgIpc) is 3.47. The topological polar surface area (TPSA) is 136 Å². The molecule has 206 valence electrons. The van der Waals surface area contributed by atoms with Gasteiger partial charge < -0.3 is 15.3 Å². The predicted molar refractivity (Wildman–Crippen MR) is 123 cm³/mol. The zero-order chi connectivity index (χ0) is 27.8. The standard InChI is InChI=1S/C22H25FN4O4.C2HF3O2/c23-14-4-3-13-18(19(14)26-10-7-12(8-11-26)15-2-1-9-24-15)22(31)27(21(13)30)16-5-6-17(28)25-20(16)29;3-2(4,5)1(6)7/h3-4,12,15-16,24H,1-2,5-11H2,(H,25,28,29);(H,6,7). The van der Waals surface area contributed by atoms with Gasteiger partial charge in [-0.1, -0.05) is 0 Å². The van der Waals surface area contributed by atoms with Crippen LogP contribution in [0.3, 0.4) is 0 Å². The maximum atomic E-state index is 15.0. The highest BCUT2D eigenvalue weighted by molar-refractivity contribution is 6.25. The highest BCUT2D eigenvalue weighted by Gasteiger charge is 2.47. The van der Waals surface area contributed by atoms with Crippen LogP contribution in [0.15, 0.2) is 12.1 Å². The number of imide groups is 2. The Balaban J connectivity index is 0.000000426. The molecule has 4 aliphatic rings. The van der Waals surface area contributed by atoms with Crippen molar-refractivity contribution < 1.29 is 46.6 Å². The van der Waals surface area contributed by atoms with E-state index in [2.05, 4.69) is 10.6 Å². The van der Waals surface area contributed by atoms with E-state index in [1.807, 2.05) is 4.90 Å². The van der Waals surface area contributed by atoms with Crippen LogP contribution in [0.4, 0.5) is 23.2 Å². The van der Waals surface area contributed by atoms with Crippen molar-refractivity contribution in [2.24, 2.45) is 5.92 Å². The van der Waals surface area contributed by atoms with E-state index < -0.39 is 47.6 Å². The Morgan fingerprint density at radius 2 is 1.66 bits per heavy atom. The van der Waals surface area contributed by atoms with Crippen LogP contribution < -0.4 is 15.5 Å². The Bertz CT molecular complexity index is 1160. The van der Waals surface area contributed by atoms with Crippen LogP contribution in [0.25, 0.3) is 0 Å². The van der Waals surface area contributed by atoms with Gasteiger partial charge >= 0.3 is 12.1 Å². The van der Waals surface area contributed by atoms with Crippen molar-refractivity contribution in [2.45, 2.75) is 56.8 Å². The number of hydrogen-bond acceptors (Lipinski definition) is 7. The Labute approximate surface area is 214 Å². The predicted octanol–water partition coefficient (Wildman–Crippen LogP) is 1.83. The molecule has 3 saturated heterocycles. The van der Waals surface area contributed by atoms with E-state index in [0.29, 0.717) is 25.0 Å². The molecule has 0 radical (unpaired) electrons. The van der Waals surface area contributed by atoms with Gasteiger partial charge in [0.2, 0.25) is 11.8 Å². The van der Waals surface area contributed by atoms with Crippen molar-refractivity contribution in [3.05, 3.63) is 29.1 Å². The SMILES string of the molecule is O=C(O)C(F)(F)F.O=C1CCC(N2C(=O)c3ccc(F)c(N4CCC(C5CCCN5)CC4)c3C2=O)C(=O)N1. The molecule has 38 heavy (non-hydrogen) atoms. The molecule has 4 heterocycles. The van der Waals surface area contributed by atoms with Crippen LogP contribution in [-0.4, -0.2) is 77.5 Å². The number of carboxylic acids is 1. The quantitative estimate of drug-likeness (QED) is 0.389. The lowest BCUT2D eigenvalue weighted by atomic mass is 9.88. The number of carbonyl (C=O) groups is 5. The maximum absolute atomic E-state index is 15.0. The van der Waals surface area contributed by atoms with Gasteiger partial charge in [-0.05, 0) is 56.7 Å². The van der Waals surface area contributed by atoms with Gasteiger partial charge in [-0.15, -0.1) is 0 Å². The molecule has 4 amide bonds. The Hall–Kier alpha value is -3.55. The van der Waals surface area contributed by atoms with Crippen LogP contribution in [0.5, 0.6) is 0 Å². The largest absolute Gasteiger partial charge is 0.490 e. The molecule has 0 saturated carbocycles. The number of nitrogens with zero attached hydrogens (tertiary/aromatic N) is 2. The minimum atomic E-state index is -5.08. The molecule has 2 unspecified atom stereocenters. The fraction of sp³-hybridized carbons (Fsp3) is 0.542. The van der Waals surface area contributed by atoms with Crippen molar-refractivity contribution >= 4 is 35.3 Å². The molecule has 3 N–H and O–H groups in total. The number of hydrogen-bond donors (Lipinski definition) is 3. The number of amides is 4. The molecule has 1 aromatic rings. The molecule has 4 aliphatic heterocycles. The summed E-state index contributed by atoms with van der Waals surface area (Å²) in [6, 6.07) is 1.98. The highest BCUT2D eigenvalue weighted by atomic mass is 19.4. The summed E-state index contributed by atoms with van der Waals surface area (Å²) in [4.78, 5) is 61.6. The van der Waals surface area contributed by atoms with Gasteiger partial charge in [-0.3, -0.25) is 29.4 Å². The van der Waals surface area contributed by atoms with Gasteiger partial charge in [0.25, 0.3) is 11.8 Å². The number of fused-ring (bicyclic) bond motifs is 1. The summed E-state index contributed by atoms with van der Waals surface area (Å²) in [5.41, 5.74) is 0.307. The molecule has 5 rings (SSSR count). The summed E-state index contributed by atoms with van der Waals surface area (Å²) in [5.74, 6) is -5.14. The highest BCUT2D eigenvalue weighted by Crippen LogP contribution is 2.38. The van der Waals surface area contributed by atoms with Crippen molar-refractivity contribution in [3.8, 4) is 0 Å².